The zero-order valence-corrected chi connectivity index (χ0v) is 18.4. The Morgan fingerprint density at radius 3 is 2.59 bits per heavy atom. The molecule has 0 saturated carbocycles. The van der Waals surface area contributed by atoms with Crippen LogP contribution in [0.4, 0.5) is 0 Å². The SMILES string of the molecule is CCOc1ccc(-c2nnc(SCc3nnc4n(CC)c(=O)c5ccccc5n34)o2)cc1. The van der Waals surface area contributed by atoms with E-state index in [1.165, 1.54) is 11.8 Å². The summed E-state index contributed by atoms with van der Waals surface area (Å²) in [5.74, 6) is 2.91. The number of ether oxygens (including phenoxy) is 1. The van der Waals surface area contributed by atoms with Gasteiger partial charge in [-0.3, -0.25) is 13.8 Å². The molecule has 2 aromatic carbocycles. The summed E-state index contributed by atoms with van der Waals surface area (Å²) < 4.78 is 14.8. The Balaban J connectivity index is 1.43. The first kappa shape index (κ1) is 20.3. The quantitative estimate of drug-likeness (QED) is 0.347. The number of para-hydroxylation sites is 1. The lowest BCUT2D eigenvalue weighted by atomic mass is 10.2. The third kappa shape index (κ3) is 3.52. The monoisotopic (exact) mass is 448 g/mol. The molecule has 0 atom stereocenters. The van der Waals surface area contributed by atoms with Crippen LogP contribution in [0.2, 0.25) is 0 Å². The van der Waals surface area contributed by atoms with E-state index in [2.05, 4.69) is 20.4 Å². The number of aryl methyl sites for hydroxylation is 1. The van der Waals surface area contributed by atoms with Crippen LogP contribution in [0, 0.1) is 0 Å². The molecule has 0 fully saturated rings. The van der Waals surface area contributed by atoms with Gasteiger partial charge in [-0.1, -0.05) is 23.9 Å². The molecule has 3 aromatic heterocycles. The second-order valence-electron chi connectivity index (χ2n) is 6.94. The van der Waals surface area contributed by atoms with Crippen LogP contribution in [0.5, 0.6) is 5.75 Å². The molecular weight excluding hydrogens is 428 g/mol. The molecule has 10 heteroatoms. The first-order valence-corrected chi connectivity index (χ1v) is 11.2. The van der Waals surface area contributed by atoms with E-state index >= 15 is 0 Å². The first-order valence-electron chi connectivity index (χ1n) is 10.2. The molecule has 0 unspecified atom stereocenters. The van der Waals surface area contributed by atoms with Crippen molar-refractivity contribution in [3.05, 3.63) is 64.7 Å². The van der Waals surface area contributed by atoms with E-state index in [1.54, 1.807) is 4.57 Å². The highest BCUT2D eigenvalue weighted by Gasteiger charge is 2.17. The molecule has 0 radical (unpaired) electrons. The fourth-order valence-electron chi connectivity index (χ4n) is 3.56. The molecule has 0 N–H and O–H groups in total. The van der Waals surface area contributed by atoms with Gasteiger partial charge in [0.05, 0.1) is 23.3 Å². The van der Waals surface area contributed by atoms with Gasteiger partial charge >= 0.3 is 0 Å². The van der Waals surface area contributed by atoms with Crippen molar-refractivity contribution < 1.29 is 9.15 Å². The molecule has 162 valence electrons. The molecule has 0 amide bonds. The predicted octanol–water partition coefficient (Wildman–Crippen LogP) is 3.81. The van der Waals surface area contributed by atoms with Crippen molar-refractivity contribution in [2.24, 2.45) is 0 Å². The van der Waals surface area contributed by atoms with Crippen molar-refractivity contribution in [3.63, 3.8) is 0 Å². The van der Waals surface area contributed by atoms with Crippen LogP contribution in [-0.2, 0) is 12.3 Å². The Morgan fingerprint density at radius 2 is 1.81 bits per heavy atom. The highest BCUT2D eigenvalue weighted by Crippen LogP contribution is 2.27. The zero-order valence-electron chi connectivity index (χ0n) is 17.6. The number of nitrogens with zero attached hydrogens (tertiary/aromatic N) is 6. The lowest BCUT2D eigenvalue weighted by Crippen LogP contribution is -2.22. The summed E-state index contributed by atoms with van der Waals surface area (Å²) in [5.41, 5.74) is 1.52. The lowest BCUT2D eigenvalue weighted by Gasteiger charge is -2.09. The minimum absolute atomic E-state index is 0.0703. The average molecular weight is 449 g/mol. The third-order valence-electron chi connectivity index (χ3n) is 5.03. The van der Waals surface area contributed by atoms with E-state index in [9.17, 15) is 4.79 Å². The smallest absolute Gasteiger partial charge is 0.277 e. The normalized spacial score (nSPS) is 11.4. The number of aromatic nitrogens is 6. The Bertz CT molecular complexity index is 1450. The second kappa shape index (κ2) is 8.46. The van der Waals surface area contributed by atoms with E-state index in [0.717, 1.165) is 16.8 Å². The van der Waals surface area contributed by atoms with Crippen LogP contribution in [0.1, 0.15) is 19.7 Å². The topological polar surface area (TPSA) is 100 Å². The van der Waals surface area contributed by atoms with Crippen LogP contribution in [0.3, 0.4) is 0 Å². The Labute approximate surface area is 187 Å². The first-order chi connectivity index (χ1) is 15.7. The maximum Gasteiger partial charge on any atom is 0.277 e. The number of thioether (sulfide) groups is 1. The molecule has 5 rings (SSSR count). The minimum Gasteiger partial charge on any atom is -0.494 e. The Morgan fingerprint density at radius 1 is 1.00 bits per heavy atom. The molecule has 5 aromatic rings. The summed E-state index contributed by atoms with van der Waals surface area (Å²) in [4.78, 5) is 12.8. The van der Waals surface area contributed by atoms with Crippen LogP contribution in [-0.4, -0.2) is 36.0 Å². The molecule has 0 aliphatic heterocycles. The maximum absolute atomic E-state index is 12.8. The number of benzene rings is 2. The van der Waals surface area contributed by atoms with E-state index in [0.29, 0.717) is 47.0 Å². The fraction of sp³-hybridized carbons (Fsp3) is 0.227. The van der Waals surface area contributed by atoms with Gasteiger partial charge in [-0.05, 0) is 50.2 Å². The molecule has 3 heterocycles. The van der Waals surface area contributed by atoms with E-state index in [4.69, 9.17) is 9.15 Å². The molecule has 0 spiro atoms. The second-order valence-corrected chi connectivity index (χ2v) is 7.86. The van der Waals surface area contributed by atoms with Gasteiger partial charge in [-0.15, -0.1) is 20.4 Å². The predicted molar refractivity (Wildman–Crippen MR) is 121 cm³/mol. The largest absolute Gasteiger partial charge is 0.494 e. The van der Waals surface area contributed by atoms with Gasteiger partial charge in [-0.2, -0.15) is 0 Å². The lowest BCUT2D eigenvalue weighted by molar-refractivity contribution is 0.340. The number of hydrogen-bond acceptors (Lipinski definition) is 8. The Hall–Kier alpha value is -3.66. The zero-order chi connectivity index (χ0) is 22.1. The number of fused-ring (bicyclic) bond motifs is 3. The van der Waals surface area contributed by atoms with Crippen molar-refractivity contribution in [1.82, 2.24) is 29.4 Å². The van der Waals surface area contributed by atoms with Crippen molar-refractivity contribution in [2.45, 2.75) is 31.4 Å². The fourth-order valence-corrected chi connectivity index (χ4v) is 4.24. The standard InChI is InChI=1S/C22H20N6O3S/c1-3-27-20(29)16-7-5-6-8-17(16)28-18(23-25-21(27)28)13-32-22-26-24-19(31-22)14-9-11-15(12-10-14)30-4-2/h5-12H,3-4,13H2,1-2H3. The van der Waals surface area contributed by atoms with E-state index in [1.807, 2.05) is 66.8 Å². The molecule has 0 aliphatic carbocycles. The Kier molecular flexibility index (Phi) is 5.36. The minimum atomic E-state index is -0.0703. The molecule has 0 aliphatic rings. The molecule has 9 nitrogen and oxygen atoms in total. The van der Waals surface area contributed by atoms with E-state index < -0.39 is 0 Å². The molecular formula is C22H20N6O3S. The summed E-state index contributed by atoms with van der Waals surface area (Å²) in [6, 6.07) is 15.0. The molecule has 32 heavy (non-hydrogen) atoms. The summed E-state index contributed by atoms with van der Waals surface area (Å²) in [6.45, 7) is 4.98. The van der Waals surface area contributed by atoms with Crippen molar-refractivity contribution in [3.8, 4) is 17.2 Å². The van der Waals surface area contributed by atoms with Gasteiger partial charge in [0.1, 0.15) is 11.6 Å². The van der Waals surface area contributed by atoms with Gasteiger partial charge in [-0.25, -0.2) is 0 Å². The van der Waals surface area contributed by atoms with Crippen LogP contribution in [0.15, 0.2) is 63.0 Å². The van der Waals surface area contributed by atoms with Crippen molar-refractivity contribution in [1.29, 1.82) is 0 Å². The highest BCUT2D eigenvalue weighted by atomic mass is 32.2. The van der Waals surface area contributed by atoms with Gasteiger partial charge < -0.3 is 9.15 Å². The summed E-state index contributed by atoms with van der Waals surface area (Å²) in [6.07, 6.45) is 0. The van der Waals surface area contributed by atoms with Crippen molar-refractivity contribution >= 4 is 28.4 Å². The highest BCUT2D eigenvalue weighted by molar-refractivity contribution is 7.98. The van der Waals surface area contributed by atoms with Crippen LogP contribution >= 0.6 is 11.8 Å². The summed E-state index contributed by atoms with van der Waals surface area (Å²) >= 11 is 1.37. The van der Waals surface area contributed by atoms with Crippen LogP contribution in [0.25, 0.3) is 28.1 Å². The maximum atomic E-state index is 12.8. The van der Waals surface area contributed by atoms with Gasteiger partial charge in [0, 0.05) is 12.1 Å². The van der Waals surface area contributed by atoms with Gasteiger partial charge in [0.15, 0.2) is 0 Å². The van der Waals surface area contributed by atoms with Gasteiger partial charge in [0.25, 0.3) is 10.8 Å². The average Bonchev–Trinajstić information content (AvgIpc) is 3.46. The van der Waals surface area contributed by atoms with Crippen LogP contribution < -0.4 is 10.3 Å². The summed E-state index contributed by atoms with van der Waals surface area (Å²) in [5, 5.41) is 18.0. The molecule has 0 bridgehead atoms. The van der Waals surface area contributed by atoms with Gasteiger partial charge in [0.2, 0.25) is 11.7 Å². The van der Waals surface area contributed by atoms with E-state index in [-0.39, 0.29) is 5.56 Å². The summed E-state index contributed by atoms with van der Waals surface area (Å²) in [7, 11) is 0. The number of hydrogen-bond donors (Lipinski definition) is 0. The molecule has 0 saturated heterocycles. The third-order valence-corrected chi connectivity index (χ3v) is 5.85. The number of rotatable bonds is 7. The van der Waals surface area contributed by atoms with Crippen molar-refractivity contribution in [2.75, 3.05) is 6.61 Å².